The standard InChI is InChI=1S/C23H25ClF4N4O4/c1-21(2)10-15(8-9-35-21)31-20(34)22(3,14-11-29-13-30-12-14)32(19(33)18(24)25)16-4-6-17(7-5-16)36-23(26,27)28/h4-7,11-13,15,18H,8-10H2,1-3H3,(H,31,34)/t15?,18-,22?/m0/s1. The Kier molecular flexibility index (Phi) is 8.09. The SMILES string of the molecule is CC1(C)CC(NC(=O)C(C)(c2cncnc2)N(C(=O)[C@H](F)Cl)c2ccc(OC(F)(F)F)cc2)CCO1. The molecule has 8 nitrogen and oxygen atoms in total. The van der Waals surface area contributed by atoms with Gasteiger partial charge in [0.05, 0.1) is 5.60 Å². The number of alkyl halides is 5. The van der Waals surface area contributed by atoms with Gasteiger partial charge in [-0.2, -0.15) is 0 Å². The Hall–Kier alpha value is -2.99. The zero-order valence-electron chi connectivity index (χ0n) is 19.7. The van der Waals surface area contributed by atoms with Crippen molar-refractivity contribution in [2.24, 2.45) is 0 Å². The highest BCUT2D eigenvalue weighted by atomic mass is 35.5. The number of benzene rings is 1. The van der Waals surface area contributed by atoms with E-state index in [-0.39, 0.29) is 17.3 Å². The molecule has 1 N–H and O–H groups in total. The molecular formula is C23H25ClF4N4O4. The van der Waals surface area contributed by atoms with Crippen molar-refractivity contribution in [3.63, 3.8) is 0 Å². The number of anilines is 1. The van der Waals surface area contributed by atoms with E-state index in [4.69, 9.17) is 16.3 Å². The first-order chi connectivity index (χ1) is 16.7. The molecule has 0 aliphatic carbocycles. The number of nitrogens with zero attached hydrogens (tertiary/aromatic N) is 3. The average Bonchev–Trinajstić information content (AvgIpc) is 2.79. The maximum atomic E-state index is 14.2. The van der Waals surface area contributed by atoms with E-state index in [0.717, 1.165) is 29.2 Å². The van der Waals surface area contributed by atoms with E-state index >= 15 is 0 Å². The fourth-order valence-electron chi connectivity index (χ4n) is 4.09. The minimum absolute atomic E-state index is 0.105. The van der Waals surface area contributed by atoms with Gasteiger partial charge in [-0.25, -0.2) is 14.4 Å². The fraction of sp³-hybridized carbons (Fsp3) is 0.478. The van der Waals surface area contributed by atoms with Gasteiger partial charge in [-0.05, 0) is 57.9 Å². The molecule has 0 radical (unpaired) electrons. The first-order valence-corrected chi connectivity index (χ1v) is 11.3. The van der Waals surface area contributed by atoms with Crippen molar-refractivity contribution in [1.29, 1.82) is 0 Å². The summed E-state index contributed by atoms with van der Waals surface area (Å²) in [5.74, 6) is -2.57. The quantitative estimate of drug-likeness (QED) is 0.424. The van der Waals surface area contributed by atoms with Crippen molar-refractivity contribution < 1.29 is 36.6 Å². The maximum Gasteiger partial charge on any atom is 0.573 e. The molecule has 3 atom stereocenters. The van der Waals surface area contributed by atoms with Gasteiger partial charge in [0.1, 0.15) is 12.1 Å². The number of halogens is 5. The van der Waals surface area contributed by atoms with Gasteiger partial charge in [0.15, 0.2) is 5.54 Å². The third kappa shape index (κ3) is 6.41. The monoisotopic (exact) mass is 532 g/mol. The number of ether oxygens (including phenoxy) is 2. The maximum absolute atomic E-state index is 14.2. The molecule has 2 amide bonds. The van der Waals surface area contributed by atoms with Crippen molar-refractivity contribution >= 4 is 29.1 Å². The summed E-state index contributed by atoms with van der Waals surface area (Å²) in [5.41, 5.74) is -4.99. The normalized spacial score (nSPS) is 20.1. The molecule has 1 aliphatic rings. The zero-order valence-corrected chi connectivity index (χ0v) is 20.4. The summed E-state index contributed by atoms with van der Waals surface area (Å²) in [7, 11) is 0. The molecule has 1 fully saturated rings. The van der Waals surface area contributed by atoms with E-state index in [2.05, 4.69) is 20.0 Å². The van der Waals surface area contributed by atoms with Crippen LogP contribution in [0.5, 0.6) is 5.75 Å². The third-order valence-corrected chi connectivity index (χ3v) is 5.97. The number of hydrogen-bond acceptors (Lipinski definition) is 6. The van der Waals surface area contributed by atoms with Gasteiger partial charge in [0, 0.05) is 36.3 Å². The second kappa shape index (κ2) is 10.6. The Bertz CT molecular complexity index is 1070. The van der Waals surface area contributed by atoms with Gasteiger partial charge in [-0.15, -0.1) is 13.2 Å². The smallest absolute Gasteiger partial charge is 0.406 e. The number of nitrogens with one attached hydrogen (secondary N) is 1. The van der Waals surface area contributed by atoms with Crippen LogP contribution in [0.25, 0.3) is 0 Å². The minimum Gasteiger partial charge on any atom is -0.406 e. The third-order valence-electron chi connectivity index (χ3n) is 5.78. The lowest BCUT2D eigenvalue weighted by Gasteiger charge is -2.42. The summed E-state index contributed by atoms with van der Waals surface area (Å²) in [6.45, 7) is 5.48. The molecule has 13 heteroatoms. The molecule has 1 aromatic heterocycles. The predicted molar refractivity (Wildman–Crippen MR) is 122 cm³/mol. The molecule has 2 aromatic rings. The summed E-state index contributed by atoms with van der Waals surface area (Å²) in [4.78, 5) is 35.5. The Morgan fingerprint density at radius 3 is 2.36 bits per heavy atom. The molecule has 2 unspecified atom stereocenters. The Morgan fingerprint density at radius 1 is 1.22 bits per heavy atom. The summed E-state index contributed by atoms with van der Waals surface area (Å²) in [6, 6.07) is 3.72. The van der Waals surface area contributed by atoms with Gasteiger partial charge >= 0.3 is 6.36 Å². The predicted octanol–water partition coefficient (Wildman–Crippen LogP) is 4.23. The van der Waals surface area contributed by atoms with Crippen LogP contribution in [-0.4, -0.2) is 52.0 Å². The zero-order chi connectivity index (χ0) is 26.7. The van der Waals surface area contributed by atoms with E-state index in [9.17, 15) is 27.2 Å². The molecule has 1 saturated heterocycles. The number of rotatable bonds is 7. The van der Waals surface area contributed by atoms with Crippen molar-refractivity contribution in [3.05, 3.63) is 48.5 Å². The number of carbonyl (C=O) groups is 2. The first-order valence-electron chi connectivity index (χ1n) is 10.9. The van der Waals surface area contributed by atoms with Crippen molar-refractivity contribution in [2.45, 2.75) is 62.8 Å². The summed E-state index contributed by atoms with van der Waals surface area (Å²) in [6.07, 6.45) is -0.205. The van der Waals surface area contributed by atoms with E-state index in [1.807, 2.05) is 13.8 Å². The Labute approximate surface area is 209 Å². The molecule has 0 saturated carbocycles. The number of carbonyl (C=O) groups excluding carboxylic acids is 2. The minimum atomic E-state index is -4.94. The fourth-order valence-corrected chi connectivity index (χ4v) is 4.19. The van der Waals surface area contributed by atoms with Crippen LogP contribution in [0.4, 0.5) is 23.2 Å². The lowest BCUT2D eigenvalue weighted by Crippen LogP contribution is -2.60. The molecule has 36 heavy (non-hydrogen) atoms. The van der Waals surface area contributed by atoms with Gasteiger partial charge < -0.3 is 14.8 Å². The molecule has 1 aliphatic heterocycles. The first kappa shape index (κ1) is 27.6. The van der Waals surface area contributed by atoms with Gasteiger partial charge in [-0.3, -0.25) is 14.5 Å². The Morgan fingerprint density at radius 2 is 1.83 bits per heavy atom. The van der Waals surface area contributed by atoms with Crippen LogP contribution in [0, 0.1) is 0 Å². The lowest BCUT2D eigenvalue weighted by atomic mass is 9.88. The lowest BCUT2D eigenvalue weighted by molar-refractivity contribution is -0.274. The summed E-state index contributed by atoms with van der Waals surface area (Å²) >= 11 is 5.51. The molecule has 2 heterocycles. The highest BCUT2D eigenvalue weighted by molar-refractivity contribution is 6.32. The van der Waals surface area contributed by atoms with Crippen LogP contribution in [0.15, 0.2) is 43.0 Å². The van der Waals surface area contributed by atoms with Gasteiger partial charge in [0.25, 0.3) is 17.4 Å². The molecule has 3 rings (SSSR count). The molecule has 0 spiro atoms. The van der Waals surface area contributed by atoms with Crippen LogP contribution in [0.1, 0.15) is 39.2 Å². The van der Waals surface area contributed by atoms with Crippen molar-refractivity contribution in [2.75, 3.05) is 11.5 Å². The molecule has 0 bridgehead atoms. The number of amides is 2. The second-order valence-electron chi connectivity index (χ2n) is 8.99. The van der Waals surface area contributed by atoms with Gasteiger partial charge in [-0.1, -0.05) is 11.6 Å². The summed E-state index contributed by atoms with van der Waals surface area (Å²) in [5, 5.41) is 2.89. The van der Waals surface area contributed by atoms with Gasteiger partial charge in [0.2, 0.25) is 0 Å². The highest BCUT2D eigenvalue weighted by Gasteiger charge is 2.48. The number of aromatic nitrogens is 2. The summed E-state index contributed by atoms with van der Waals surface area (Å²) < 4.78 is 61.6. The van der Waals surface area contributed by atoms with E-state index in [1.54, 1.807) is 0 Å². The highest BCUT2D eigenvalue weighted by Crippen LogP contribution is 2.36. The Balaban J connectivity index is 2.07. The van der Waals surface area contributed by atoms with Crippen LogP contribution in [-0.2, 0) is 19.9 Å². The van der Waals surface area contributed by atoms with Crippen LogP contribution >= 0.6 is 11.6 Å². The topological polar surface area (TPSA) is 93.7 Å². The van der Waals surface area contributed by atoms with Crippen LogP contribution in [0.3, 0.4) is 0 Å². The second-order valence-corrected chi connectivity index (χ2v) is 9.37. The molecule has 196 valence electrons. The molecule has 1 aromatic carbocycles. The number of hydrogen-bond donors (Lipinski definition) is 1. The molecular weight excluding hydrogens is 508 g/mol. The largest absolute Gasteiger partial charge is 0.573 e. The van der Waals surface area contributed by atoms with Crippen LogP contribution in [0.2, 0.25) is 0 Å². The van der Waals surface area contributed by atoms with Crippen molar-refractivity contribution in [1.82, 2.24) is 15.3 Å². The van der Waals surface area contributed by atoms with E-state index in [1.165, 1.54) is 25.6 Å². The van der Waals surface area contributed by atoms with Crippen molar-refractivity contribution in [3.8, 4) is 5.75 Å². The average molecular weight is 533 g/mol. The van der Waals surface area contributed by atoms with E-state index in [0.29, 0.717) is 19.4 Å². The van der Waals surface area contributed by atoms with Crippen LogP contribution < -0.4 is 15.0 Å². The van der Waals surface area contributed by atoms with E-state index < -0.39 is 40.7 Å².